The van der Waals surface area contributed by atoms with Gasteiger partial charge in [0.25, 0.3) is 0 Å². The number of fused-ring (bicyclic) bond motifs is 1. The van der Waals surface area contributed by atoms with E-state index in [0.717, 1.165) is 23.7 Å². The predicted octanol–water partition coefficient (Wildman–Crippen LogP) is 2.69. The summed E-state index contributed by atoms with van der Waals surface area (Å²) in [5.74, 6) is 9.56. The smallest absolute Gasteiger partial charge is 0.0241 e. The minimum atomic E-state index is 0.583. The highest BCUT2D eigenvalue weighted by Gasteiger charge is 2.47. The highest BCUT2D eigenvalue weighted by Crippen LogP contribution is 2.55. The molecule has 2 rings (SSSR count). The third-order valence-electron chi connectivity index (χ3n) is 4.50. The summed E-state index contributed by atoms with van der Waals surface area (Å²) in [6, 6.07) is 0.583. The van der Waals surface area contributed by atoms with Crippen LogP contribution in [0, 0.1) is 23.7 Å². The molecule has 0 heterocycles. The molecular formula is C13H26N2. The fourth-order valence-corrected chi connectivity index (χ4v) is 3.53. The van der Waals surface area contributed by atoms with E-state index < -0.39 is 0 Å². The maximum absolute atomic E-state index is 5.71. The monoisotopic (exact) mass is 210 g/mol. The molecule has 2 heteroatoms. The van der Waals surface area contributed by atoms with E-state index in [-0.39, 0.29) is 0 Å². The molecule has 2 aliphatic rings. The van der Waals surface area contributed by atoms with Crippen LogP contribution in [-0.2, 0) is 0 Å². The van der Waals surface area contributed by atoms with E-state index >= 15 is 0 Å². The first-order valence-electron chi connectivity index (χ1n) is 6.70. The molecule has 3 N–H and O–H groups in total. The normalized spacial score (nSPS) is 37.4. The van der Waals surface area contributed by atoms with Crippen LogP contribution in [0.5, 0.6) is 0 Å². The lowest BCUT2D eigenvalue weighted by Crippen LogP contribution is -2.41. The summed E-state index contributed by atoms with van der Waals surface area (Å²) in [6.45, 7) is 4.63. The molecule has 0 aromatic carbocycles. The Labute approximate surface area is 94.0 Å². The minimum Gasteiger partial charge on any atom is -0.271 e. The van der Waals surface area contributed by atoms with Crippen molar-refractivity contribution in [2.45, 2.75) is 58.4 Å². The van der Waals surface area contributed by atoms with Gasteiger partial charge in [0.1, 0.15) is 0 Å². The highest BCUT2D eigenvalue weighted by molar-refractivity contribution is 4.99. The first-order valence-corrected chi connectivity index (χ1v) is 6.70. The van der Waals surface area contributed by atoms with Gasteiger partial charge in [0.15, 0.2) is 0 Å². The molecule has 2 nitrogen and oxygen atoms in total. The van der Waals surface area contributed by atoms with Gasteiger partial charge in [-0.3, -0.25) is 11.3 Å². The van der Waals surface area contributed by atoms with Crippen LogP contribution in [0.25, 0.3) is 0 Å². The first kappa shape index (κ1) is 11.4. The number of nitrogens with two attached hydrogens (primary N) is 1. The lowest BCUT2D eigenvalue weighted by Gasteiger charge is -2.26. The van der Waals surface area contributed by atoms with E-state index in [0.29, 0.717) is 6.04 Å². The minimum absolute atomic E-state index is 0.583. The fourth-order valence-electron chi connectivity index (χ4n) is 3.53. The molecule has 0 aromatic rings. The van der Waals surface area contributed by atoms with E-state index in [1.165, 1.54) is 38.5 Å². The summed E-state index contributed by atoms with van der Waals surface area (Å²) in [5.41, 5.74) is 3.07. The van der Waals surface area contributed by atoms with Gasteiger partial charge in [0, 0.05) is 6.04 Å². The Hall–Kier alpha value is -0.0800. The van der Waals surface area contributed by atoms with Crippen molar-refractivity contribution in [3.8, 4) is 0 Å². The Morgan fingerprint density at radius 2 is 1.93 bits per heavy atom. The molecule has 0 bridgehead atoms. The molecule has 15 heavy (non-hydrogen) atoms. The van der Waals surface area contributed by atoms with Gasteiger partial charge in [-0.1, -0.05) is 26.7 Å². The Bertz CT molecular complexity index is 195. The van der Waals surface area contributed by atoms with Gasteiger partial charge >= 0.3 is 0 Å². The Kier molecular flexibility index (Phi) is 3.68. The summed E-state index contributed by atoms with van der Waals surface area (Å²) in [5, 5.41) is 0. The number of rotatable bonds is 6. The third-order valence-corrected chi connectivity index (χ3v) is 4.50. The highest BCUT2D eigenvalue weighted by atomic mass is 15.2. The van der Waals surface area contributed by atoms with Gasteiger partial charge in [-0.05, 0) is 49.4 Å². The zero-order chi connectivity index (χ0) is 10.8. The van der Waals surface area contributed by atoms with Gasteiger partial charge in [0.05, 0.1) is 0 Å². The average molecular weight is 210 g/mol. The van der Waals surface area contributed by atoms with E-state index in [1.54, 1.807) is 0 Å². The SMILES string of the molecule is CCCC(C)CC(NN)C1CC2CC2C1. The number of hydrogen-bond donors (Lipinski definition) is 2. The van der Waals surface area contributed by atoms with Gasteiger partial charge in [-0.15, -0.1) is 0 Å². The van der Waals surface area contributed by atoms with Crippen molar-refractivity contribution in [1.29, 1.82) is 0 Å². The number of hydrazine groups is 1. The molecule has 2 fully saturated rings. The van der Waals surface area contributed by atoms with Gasteiger partial charge in [-0.2, -0.15) is 0 Å². The molecule has 2 saturated carbocycles. The molecule has 0 aromatic heterocycles. The molecule has 0 spiro atoms. The summed E-state index contributed by atoms with van der Waals surface area (Å²) in [7, 11) is 0. The van der Waals surface area contributed by atoms with Crippen molar-refractivity contribution in [2.24, 2.45) is 29.5 Å². The largest absolute Gasteiger partial charge is 0.271 e. The van der Waals surface area contributed by atoms with Gasteiger partial charge < -0.3 is 0 Å². The number of hydrogen-bond acceptors (Lipinski definition) is 2. The summed E-state index contributed by atoms with van der Waals surface area (Å²) in [6.07, 6.45) is 8.32. The molecule has 4 atom stereocenters. The van der Waals surface area contributed by atoms with Crippen molar-refractivity contribution in [3.63, 3.8) is 0 Å². The fraction of sp³-hybridized carbons (Fsp3) is 1.00. The van der Waals surface area contributed by atoms with E-state index in [1.807, 2.05) is 0 Å². The molecular weight excluding hydrogens is 184 g/mol. The Balaban J connectivity index is 1.76. The predicted molar refractivity (Wildman–Crippen MR) is 64.1 cm³/mol. The maximum atomic E-state index is 5.71. The molecule has 4 unspecified atom stereocenters. The van der Waals surface area contributed by atoms with E-state index in [2.05, 4.69) is 19.3 Å². The van der Waals surface area contributed by atoms with Crippen molar-refractivity contribution in [3.05, 3.63) is 0 Å². The second-order valence-electron chi connectivity index (χ2n) is 5.89. The van der Waals surface area contributed by atoms with E-state index in [9.17, 15) is 0 Å². The van der Waals surface area contributed by atoms with Crippen molar-refractivity contribution >= 4 is 0 Å². The summed E-state index contributed by atoms with van der Waals surface area (Å²) in [4.78, 5) is 0. The summed E-state index contributed by atoms with van der Waals surface area (Å²) >= 11 is 0. The zero-order valence-electron chi connectivity index (χ0n) is 10.2. The van der Waals surface area contributed by atoms with Crippen LogP contribution in [0.1, 0.15) is 52.4 Å². The Morgan fingerprint density at radius 3 is 2.47 bits per heavy atom. The van der Waals surface area contributed by atoms with E-state index in [4.69, 9.17) is 5.84 Å². The lowest BCUT2D eigenvalue weighted by atomic mass is 9.87. The molecule has 88 valence electrons. The van der Waals surface area contributed by atoms with Crippen molar-refractivity contribution in [1.82, 2.24) is 5.43 Å². The van der Waals surface area contributed by atoms with Crippen LogP contribution < -0.4 is 11.3 Å². The quantitative estimate of drug-likeness (QED) is 0.522. The number of nitrogens with one attached hydrogen (secondary N) is 1. The molecule has 2 aliphatic carbocycles. The Morgan fingerprint density at radius 1 is 1.27 bits per heavy atom. The van der Waals surface area contributed by atoms with Crippen LogP contribution in [-0.4, -0.2) is 6.04 Å². The van der Waals surface area contributed by atoms with Crippen LogP contribution >= 0.6 is 0 Å². The molecule has 0 amide bonds. The average Bonchev–Trinajstić information content (AvgIpc) is 2.83. The first-order chi connectivity index (χ1) is 7.24. The standard InChI is InChI=1S/C13H26N2/c1-3-4-9(2)5-13(15-14)12-7-10-6-11(10)8-12/h9-13,15H,3-8,14H2,1-2H3. The topological polar surface area (TPSA) is 38.0 Å². The second kappa shape index (κ2) is 4.84. The molecule has 0 saturated heterocycles. The van der Waals surface area contributed by atoms with Crippen molar-refractivity contribution < 1.29 is 0 Å². The maximum Gasteiger partial charge on any atom is 0.0241 e. The van der Waals surface area contributed by atoms with Crippen LogP contribution in [0.15, 0.2) is 0 Å². The van der Waals surface area contributed by atoms with Crippen LogP contribution in [0.2, 0.25) is 0 Å². The van der Waals surface area contributed by atoms with Gasteiger partial charge in [0.2, 0.25) is 0 Å². The third kappa shape index (κ3) is 2.73. The summed E-state index contributed by atoms with van der Waals surface area (Å²) < 4.78 is 0. The molecule has 0 aliphatic heterocycles. The zero-order valence-corrected chi connectivity index (χ0v) is 10.2. The lowest BCUT2D eigenvalue weighted by molar-refractivity contribution is 0.281. The van der Waals surface area contributed by atoms with Crippen molar-refractivity contribution in [2.75, 3.05) is 0 Å². The van der Waals surface area contributed by atoms with Crippen LogP contribution in [0.3, 0.4) is 0 Å². The second-order valence-corrected chi connectivity index (χ2v) is 5.89. The molecule has 0 radical (unpaired) electrons. The van der Waals surface area contributed by atoms with Crippen LogP contribution in [0.4, 0.5) is 0 Å². The van der Waals surface area contributed by atoms with Gasteiger partial charge in [-0.25, -0.2) is 0 Å².